The van der Waals surface area contributed by atoms with Gasteiger partial charge in [0, 0.05) is 22.3 Å². The monoisotopic (exact) mass is 666 g/mol. The minimum absolute atomic E-state index is 0.0916. The second kappa shape index (κ2) is 16.5. The third kappa shape index (κ3) is 11.9. The predicted octanol–water partition coefficient (Wildman–Crippen LogP) is 7.84. The summed E-state index contributed by atoms with van der Waals surface area (Å²) in [5.41, 5.74) is 17.4. The molecule has 0 aromatic heterocycles. The Bertz CT molecular complexity index is 946. The first-order valence-electron chi connectivity index (χ1n) is 14.6. The Morgan fingerprint density at radius 3 is 1.21 bits per heavy atom. The van der Waals surface area contributed by atoms with Crippen molar-refractivity contribution in [2.24, 2.45) is 10.2 Å². The summed E-state index contributed by atoms with van der Waals surface area (Å²) in [6, 6.07) is -0.607. The third-order valence-corrected chi connectivity index (χ3v) is 18.9. The molecule has 2 fully saturated rings. The standard InChI is InChI=1S/2C13H27N3O3SSi/c2*1-13(2,3)21(5,6)19-11-9-7-8-10(15-16-14)12(11)18-20(4)17/h2*10-12H,7-9H2,1-6H3/t2*10-,11+,12+,20?/m10/s1. The van der Waals surface area contributed by atoms with Crippen molar-refractivity contribution in [1.29, 1.82) is 0 Å². The second-order valence-electron chi connectivity index (χ2n) is 14.2. The number of azide groups is 2. The Hall–Kier alpha value is -0.806. The molecule has 0 heterocycles. The maximum absolute atomic E-state index is 11.5. The maximum Gasteiger partial charge on any atom is 0.192 e. The molecule has 42 heavy (non-hydrogen) atoms. The lowest BCUT2D eigenvalue weighted by Gasteiger charge is -2.43. The van der Waals surface area contributed by atoms with Gasteiger partial charge in [-0.05, 0) is 73.0 Å². The molecular weight excluding hydrogens is 613 g/mol. The summed E-state index contributed by atoms with van der Waals surface area (Å²) in [5.74, 6) is 0. The number of hydrogen-bond acceptors (Lipinski definition) is 8. The van der Waals surface area contributed by atoms with Crippen LogP contribution in [0.15, 0.2) is 10.2 Å². The van der Waals surface area contributed by atoms with Crippen LogP contribution in [0.2, 0.25) is 36.3 Å². The lowest BCUT2D eigenvalue weighted by Crippen LogP contribution is -2.52. The van der Waals surface area contributed by atoms with Crippen LogP contribution in [0.5, 0.6) is 0 Å². The van der Waals surface area contributed by atoms with E-state index in [1.54, 1.807) is 0 Å². The van der Waals surface area contributed by atoms with Crippen LogP contribution < -0.4 is 0 Å². The van der Waals surface area contributed by atoms with Gasteiger partial charge in [0.15, 0.2) is 38.8 Å². The summed E-state index contributed by atoms with van der Waals surface area (Å²) < 4.78 is 46.9. The van der Waals surface area contributed by atoms with Crippen molar-refractivity contribution in [1.82, 2.24) is 0 Å². The quantitative estimate of drug-likeness (QED) is 0.0995. The van der Waals surface area contributed by atoms with E-state index in [1.807, 2.05) is 0 Å². The van der Waals surface area contributed by atoms with Crippen molar-refractivity contribution >= 4 is 38.8 Å². The zero-order valence-electron chi connectivity index (χ0n) is 27.7. The minimum Gasteiger partial charge on any atom is -0.411 e. The van der Waals surface area contributed by atoms with E-state index in [-0.39, 0.29) is 34.4 Å². The van der Waals surface area contributed by atoms with Gasteiger partial charge >= 0.3 is 0 Å². The third-order valence-electron chi connectivity index (χ3n) is 8.87. The van der Waals surface area contributed by atoms with Crippen LogP contribution in [-0.2, 0) is 39.4 Å². The highest BCUT2D eigenvalue weighted by atomic mass is 32.2. The first-order valence-corrected chi connectivity index (χ1v) is 23.4. The van der Waals surface area contributed by atoms with E-state index in [4.69, 9.17) is 28.3 Å². The average molecular weight is 667 g/mol. The maximum atomic E-state index is 11.5. The normalized spacial score (nSPS) is 28.8. The summed E-state index contributed by atoms with van der Waals surface area (Å²) >= 11 is -2.81. The molecule has 0 saturated heterocycles. The largest absolute Gasteiger partial charge is 0.411 e. The summed E-state index contributed by atoms with van der Waals surface area (Å²) in [6.07, 6.45) is 6.90. The molecule has 2 saturated carbocycles. The molecule has 0 aromatic rings. The molecule has 0 aliphatic heterocycles. The van der Waals surface area contributed by atoms with Gasteiger partial charge in [-0.25, -0.2) is 8.42 Å². The molecule has 244 valence electrons. The Morgan fingerprint density at radius 2 is 0.976 bits per heavy atom. The zero-order chi connectivity index (χ0) is 32.5. The van der Waals surface area contributed by atoms with Gasteiger partial charge in [0.1, 0.15) is 12.2 Å². The summed E-state index contributed by atoms with van der Waals surface area (Å²) in [5, 5.41) is 7.82. The predicted molar refractivity (Wildman–Crippen MR) is 176 cm³/mol. The molecule has 0 aromatic carbocycles. The van der Waals surface area contributed by atoms with Gasteiger partial charge in [-0.15, -0.1) is 0 Å². The van der Waals surface area contributed by atoms with E-state index in [0.717, 1.165) is 38.5 Å². The van der Waals surface area contributed by atoms with Gasteiger partial charge in [0.05, 0.1) is 24.3 Å². The van der Waals surface area contributed by atoms with E-state index >= 15 is 0 Å². The van der Waals surface area contributed by atoms with Gasteiger partial charge < -0.3 is 8.85 Å². The van der Waals surface area contributed by atoms with Crippen LogP contribution in [0.4, 0.5) is 0 Å². The lowest BCUT2D eigenvalue weighted by atomic mass is 9.91. The lowest BCUT2D eigenvalue weighted by molar-refractivity contribution is 0.0105. The minimum atomic E-state index is -1.95. The molecule has 0 N–H and O–H groups in total. The highest BCUT2D eigenvalue weighted by Crippen LogP contribution is 2.41. The zero-order valence-corrected chi connectivity index (χ0v) is 31.3. The molecule has 8 atom stereocenters. The van der Waals surface area contributed by atoms with Gasteiger partial charge in [0.2, 0.25) is 0 Å². The number of hydrogen-bond donors (Lipinski definition) is 0. The topological polar surface area (TPSA) is 169 Å². The van der Waals surface area contributed by atoms with Gasteiger partial charge in [-0.3, -0.25) is 8.37 Å². The number of nitrogens with zero attached hydrogens (tertiary/aromatic N) is 6. The van der Waals surface area contributed by atoms with Crippen LogP contribution >= 0.6 is 0 Å². The van der Waals surface area contributed by atoms with Crippen molar-refractivity contribution < 1.29 is 25.6 Å². The molecule has 2 unspecified atom stereocenters. The fourth-order valence-corrected chi connectivity index (χ4v) is 8.37. The van der Waals surface area contributed by atoms with E-state index in [1.165, 1.54) is 12.5 Å². The summed E-state index contributed by atoms with van der Waals surface area (Å²) in [6.45, 7) is 21.8. The second-order valence-corrected chi connectivity index (χ2v) is 25.7. The Kier molecular flexibility index (Phi) is 15.4. The van der Waals surface area contributed by atoms with Gasteiger partial charge in [-0.1, -0.05) is 64.6 Å². The summed E-state index contributed by atoms with van der Waals surface area (Å²) in [4.78, 5) is 5.80. The van der Waals surface area contributed by atoms with E-state index < -0.39 is 51.0 Å². The van der Waals surface area contributed by atoms with Crippen LogP contribution in [0.1, 0.15) is 80.1 Å². The van der Waals surface area contributed by atoms with Crippen LogP contribution in [0.25, 0.3) is 20.9 Å². The molecule has 12 nitrogen and oxygen atoms in total. The molecule has 0 spiro atoms. The van der Waals surface area contributed by atoms with Crippen molar-refractivity contribution in [3.8, 4) is 0 Å². The fraction of sp³-hybridized carbons (Fsp3) is 1.00. The molecular formula is C26H54N6O6S2Si2. The van der Waals surface area contributed by atoms with Crippen molar-refractivity contribution in [2.45, 2.75) is 153 Å². The van der Waals surface area contributed by atoms with Crippen LogP contribution in [0.3, 0.4) is 0 Å². The van der Waals surface area contributed by atoms with Gasteiger partial charge in [-0.2, -0.15) is 0 Å². The molecule has 2 rings (SSSR count). The van der Waals surface area contributed by atoms with Crippen molar-refractivity contribution in [3.63, 3.8) is 0 Å². The van der Waals surface area contributed by atoms with Crippen LogP contribution in [0, 0.1) is 0 Å². The smallest absolute Gasteiger partial charge is 0.192 e. The Labute approximate surface area is 260 Å². The Balaban J connectivity index is 0.000000420. The molecule has 0 amide bonds. The highest BCUT2D eigenvalue weighted by molar-refractivity contribution is 7.79. The number of rotatable bonds is 10. The van der Waals surface area contributed by atoms with Gasteiger partial charge in [0.25, 0.3) is 0 Å². The van der Waals surface area contributed by atoms with Crippen molar-refractivity contribution in [3.05, 3.63) is 20.9 Å². The summed E-state index contributed by atoms with van der Waals surface area (Å²) in [7, 11) is -3.90. The Morgan fingerprint density at radius 1 is 0.667 bits per heavy atom. The van der Waals surface area contributed by atoms with Crippen LogP contribution in [-0.4, -0.2) is 74.1 Å². The first-order chi connectivity index (χ1) is 19.2. The molecule has 0 bridgehead atoms. The molecule has 2 aliphatic carbocycles. The van der Waals surface area contributed by atoms with E-state index in [0.29, 0.717) is 0 Å². The highest BCUT2D eigenvalue weighted by Gasteiger charge is 2.45. The average Bonchev–Trinajstić information content (AvgIpc) is 2.81. The first kappa shape index (κ1) is 39.2. The molecule has 0 radical (unpaired) electrons. The fourth-order valence-electron chi connectivity index (χ4n) is 4.52. The molecule has 2 aliphatic rings. The van der Waals surface area contributed by atoms with E-state index in [2.05, 4.69) is 87.8 Å². The van der Waals surface area contributed by atoms with E-state index in [9.17, 15) is 8.42 Å². The SMILES string of the molecule is CS(=O)O[C@@H]1[C@@H](N=[N+]=[N-])CCC[C@H]1O[Si](C)(C)C(C)(C)C.CS(=O)O[C@@H]1[C@@H](O[Si](C)(C)C(C)(C)C)CCC[C@H]1N=[N+]=[N-]. The molecule has 16 heteroatoms. The van der Waals surface area contributed by atoms with Crippen molar-refractivity contribution in [2.75, 3.05) is 12.5 Å².